The van der Waals surface area contributed by atoms with Gasteiger partial charge in [-0.3, -0.25) is 9.59 Å². The van der Waals surface area contributed by atoms with Crippen molar-refractivity contribution < 1.29 is 9.59 Å². The number of nitrogens with zero attached hydrogens (tertiary/aromatic N) is 2. The molecule has 6 heteroatoms. The molecule has 2 heterocycles. The zero-order valence-electron chi connectivity index (χ0n) is 19.4. The van der Waals surface area contributed by atoms with Gasteiger partial charge in [0.05, 0.1) is 6.20 Å². The Bertz CT molecular complexity index is 1320. The standard InChI is InChI=1S/C27H28N4O2/c1-16-8-7-10-18(12-16)29-26(33)20-15-28-31-24(19-11-6-5-9-17(19)2)23-21(30-25(20)31)13-27(3,4)14-22(23)32/h5-12,15,24,30H,13-14H2,1-4H3,(H,29,33). The Labute approximate surface area is 193 Å². The number of hydrogen-bond acceptors (Lipinski definition) is 4. The van der Waals surface area contributed by atoms with E-state index in [1.54, 1.807) is 10.9 Å². The molecule has 1 aliphatic heterocycles. The molecule has 168 valence electrons. The number of allylic oxidation sites excluding steroid dienone is 2. The van der Waals surface area contributed by atoms with Crippen LogP contribution in [-0.2, 0) is 4.79 Å². The summed E-state index contributed by atoms with van der Waals surface area (Å²) >= 11 is 0. The van der Waals surface area contributed by atoms with Crippen LogP contribution in [0.5, 0.6) is 0 Å². The van der Waals surface area contributed by atoms with Gasteiger partial charge in [0.15, 0.2) is 5.78 Å². The van der Waals surface area contributed by atoms with Crippen molar-refractivity contribution in [2.24, 2.45) is 5.41 Å². The average molecular weight is 441 g/mol. The van der Waals surface area contributed by atoms with Gasteiger partial charge in [0.25, 0.3) is 5.91 Å². The molecule has 5 rings (SSSR count). The lowest BCUT2D eigenvalue weighted by Gasteiger charge is -2.39. The van der Waals surface area contributed by atoms with Crippen LogP contribution in [0.1, 0.15) is 59.8 Å². The predicted molar refractivity (Wildman–Crippen MR) is 129 cm³/mol. The molecular weight excluding hydrogens is 412 g/mol. The summed E-state index contributed by atoms with van der Waals surface area (Å²) in [6.07, 6.45) is 2.82. The van der Waals surface area contributed by atoms with Crippen LogP contribution in [0.25, 0.3) is 0 Å². The maximum absolute atomic E-state index is 13.3. The Kier molecular flexibility index (Phi) is 4.96. The van der Waals surface area contributed by atoms with Crippen molar-refractivity contribution in [3.8, 4) is 0 Å². The van der Waals surface area contributed by atoms with E-state index in [1.807, 2.05) is 62.4 Å². The van der Waals surface area contributed by atoms with Crippen molar-refractivity contribution in [3.63, 3.8) is 0 Å². The van der Waals surface area contributed by atoms with Crippen LogP contribution in [0.2, 0.25) is 0 Å². The summed E-state index contributed by atoms with van der Waals surface area (Å²) < 4.78 is 1.79. The number of anilines is 2. The molecule has 1 amide bonds. The zero-order valence-corrected chi connectivity index (χ0v) is 19.4. The number of benzene rings is 2. The highest BCUT2D eigenvalue weighted by atomic mass is 16.1. The number of aryl methyl sites for hydroxylation is 2. The number of hydrogen-bond donors (Lipinski definition) is 2. The van der Waals surface area contributed by atoms with E-state index in [0.717, 1.165) is 40.1 Å². The number of aromatic nitrogens is 2. The molecule has 0 bridgehead atoms. The van der Waals surface area contributed by atoms with Crippen LogP contribution in [0.3, 0.4) is 0 Å². The van der Waals surface area contributed by atoms with Gasteiger partial charge in [0.1, 0.15) is 17.4 Å². The molecule has 2 aliphatic rings. The van der Waals surface area contributed by atoms with E-state index in [1.165, 1.54) is 0 Å². The molecule has 0 saturated heterocycles. The minimum atomic E-state index is -0.360. The fourth-order valence-corrected chi connectivity index (χ4v) is 4.98. The third-order valence-corrected chi connectivity index (χ3v) is 6.51. The maximum Gasteiger partial charge on any atom is 0.261 e. The highest BCUT2D eigenvalue weighted by Crippen LogP contribution is 2.46. The molecule has 0 radical (unpaired) electrons. The second kappa shape index (κ2) is 7.73. The largest absolute Gasteiger partial charge is 0.343 e. The van der Waals surface area contributed by atoms with Crippen molar-refractivity contribution in [1.82, 2.24) is 9.78 Å². The summed E-state index contributed by atoms with van der Waals surface area (Å²) in [5, 5.41) is 11.0. The van der Waals surface area contributed by atoms with E-state index in [2.05, 4.69) is 29.6 Å². The zero-order chi connectivity index (χ0) is 23.3. The number of nitrogens with one attached hydrogen (secondary N) is 2. The van der Waals surface area contributed by atoms with E-state index in [-0.39, 0.29) is 23.1 Å². The van der Waals surface area contributed by atoms with Gasteiger partial charge in [-0.1, -0.05) is 50.2 Å². The van der Waals surface area contributed by atoms with Gasteiger partial charge in [-0.2, -0.15) is 5.10 Å². The number of ketones is 1. The third kappa shape index (κ3) is 3.75. The smallest absolute Gasteiger partial charge is 0.261 e. The number of carbonyl (C=O) groups excluding carboxylic acids is 2. The summed E-state index contributed by atoms with van der Waals surface area (Å²) in [6, 6.07) is 15.4. The lowest BCUT2D eigenvalue weighted by molar-refractivity contribution is -0.118. The lowest BCUT2D eigenvalue weighted by Crippen LogP contribution is -2.37. The normalized spacial score (nSPS) is 18.9. The molecule has 1 aromatic heterocycles. The fourth-order valence-electron chi connectivity index (χ4n) is 4.98. The Balaban J connectivity index is 1.61. The first-order valence-electron chi connectivity index (χ1n) is 11.3. The van der Waals surface area contributed by atoms with Crippen LogP contribution < -0.4 is 10.6 Å². The molecule has 2 aromatic carbocycles. The average Bonchev–Trinajstić information content (AvgIpc) is 3.15. The van der Waals surface area contributed by atoms with Crippen molar-refractivity contribution in [2.75, 3.05) is 10.6 Å². The molecular formula is C27H28N4O2. The number of Topliss-reactive ketones (excluding diaryl/α,β-unsaturated/α-hetero) is 1. The summed E-state index contributed by atoms with van der Waals surface area (Å²) in [7, 11) is 0. The second-order valence-electron chi connectivity index (χ2n) is 9.89. The second-order valence-corrected chi connectivity index (χ2v) is 9.89. The molecule has 1 unspecified atom stereocenters. The predicted octanol–water partition coefficient (Wildman–Crippen LogP) is 5.41. The number of carbonyl (C=O) groups is 2. The van der Waals surface area contributed by atoms with Crippen molar-refractivity contribution in [2.45, 2.75) is 46.6 Å². The fraction of sp³-hybridized carbons (Fsp3) is 0.296. The number of rotatable bonds is 3. The van der Waals surface area contributed by atoms with Gasteiger partial charge in [0.2, 0.25) is 0 Å². The van der Waals surface area contributed by atoms with E-state index < -0.39 is 0 Å². The Hall–Kier alpha value is -3.67. The van der Waals surface area contributed by atoms with E-state index in [0.29, 0.717) is 17.8 Å². The van der Waals surface area contributed by atoms with E-state index in [4.69, 9.17) is 0 Å². The summed E-state index contributed by atoms with van der Waals surface area (Å²) in [4.78, 5) is 26.6. The van der Waals surface area contributed by atoms with Gasteiger partial charge in [-0.15, -0.1) is 0 Å². The molecule has 2 N–H and O–H groups in total. The van der Waals surface area contributed by atoms with Crippen LogP contribution >= 0.6 is 0 Å². The highest BCUT2D eigenvalue weighted by Gasteiger charge is 2.42. The molecule has 3 aromatic rings. The van der Waals surface area contributed by atoms with Gasteiger partial charge in [-0.25, -0.2) is 4.68 Å². The Morgan fingerprint density at radius 2 is 1.91 bits per heavy atom. The first-order valence-corrected chi connectivity index (χ1v) is 11.3. The quantitative estimate of drug-likeness (QED) is 0.571. The van der Waals surface area contributed by atoms with E-state index in [9.17, 15) is 9.59 Å². The summed E-state index contributed by atoms with van der Waals surface area (Å²) in [5.74, 6) is 0.523. The molecule has 6 nitrogen and oxygen atoms in total. The third-order valence-electron chi connectivity index (χ3n) is 6.51. The molecule has 0 saturated carbocycles. The van der Waals surface area contributed by atoms with Gasteiger partial charge in [0, 0.05) is 23.4 Å². The SMILES string of the molecule is Cc1cccc(NC(=O)c2cnn3c2NC2=C(C(=O)CC(C)(C)C2)C3c2ccccc2C)c1. The van der Waals surface area contributed by atoms with Crippen LogP contribution in [0.15, 0.2) is 66.0 Å². The molecule has 33 heavy (non-hydrogen) atoms. The van der Waals surface area contributed by atoms with Crippen molar-refractivity contribution >= 4 is 23.2 Å². The first kappa shape index (κ1) is 21.2. The van der Waals surface area contributed by atoms with Gasteiger partial charge < -0.3 is 10.6 Å². The van der Waals surface area contributed by atoms with E-state index >= 15 is 0 Å². The minimum Gasteiger partial charge on any atom is -0.343 e. The monoisotopic (exact) mass is 440 g/mol. The van der Waals surface area contributed by atoms with Crippen LogP contribution in [0.4, 0.5) is 11.5 Å². The topological polar surface area (TPSA) is 76.0 Å². The number of amides is 1. The molecule has 0 spiro atoms. The molecule has 1 atom stereocenters. The Morgan fingerprint density at radius 1 is 1.12 bits per heavy atom. The van der Waals surface area contributed by atoms with Crippen LogP contribution in [0, 0.1) is 19.3 Å². The van der Waals surface area contributed by atoms with Gasteiger partial charge in [-0.05, 0) is 54.5 Å². The van der Waals surface area contributed by atoms with Gasteiger partial charge >= 0.3 is 0 Å². The number of fused-ring (bicyclic) bond motifs is 1. The minimum absolute atomic E-state index is 0.133. The molecule has 1 aliphatic carbocycles. The van der Waals surface area contributed by atoms with Crippen molar-refractivity contribution in [1.29, 1.82) is 0 Å². The highest BCUT2D eigenvalue weighted by molar-refractivity contribution is 6.08. The summed E-state index contributed by atoms with van der Waals surface area (Å²) in [5.41, 5.74) is 5.87. The Morgan fingerprint density at radius 3 is 2.67 bits per heavy atom. The van der Waals surface area contributed by atoms with Crippen molar-refractivity contribution in [3.05, 3.63) is 88.3 Å². The van der Waals surface area contributed by atoms with Crippen LogP contribution in [-0.4, -0.2) is 21.5 Å². The summed E-state index contributed by atoms with van der Waals surface area (Å²) in [6.45, 7) is 8.25. The lowest BCUT2D eigenvalue weighted by atomic mass is 9.72. The first-order chi connectivity index (χ1) is 15.7. The molecule has 0 fully saturated rings. The maximum atomic E-state index is 13.3.